The van der Waals surface area contributed by atoms with Gasteiger partial charge in [0.1, 0.15) is 11.6 Å². The molecular weight excluding hydrogens is 351 g/mol. The minimum atomic E-state index is -0.229. The Morgan fingerprint density at radius 1 is 1.07 bits per heavy atom. The maximum absolute atomic E-state index is 14.1. The van der Waals surface area contributed by atoms with E-state index >= 15 is 0 Å². The molecule has 1 aromatic carbocycles. The van der Waals surface area contributed by atoms with Crippen LogP contribution in [0.15, 0.2) is 54.9 Å². The van der Waals surface area contributed by atoms with Gasteiger partial charge in [-0.05, 0) is 43.7 Å². The van der Waals surface area contributed by atoms with Crippen molar-refractivity contribution in [3.63, 3.8) is 0 Å². The molecule has 3 heterocycles. The largest absolute Gasteiger partial charge is 0.298 e. The van der Waals surface area contributed by atoms with Crippen LogP contribution in [0.5, 0.6) is 0 Å². The molecule has 0 radical (unpaired) electrons. The Morgan fingerprint density at radius 3 is 2.68 bits per heavy atom. The third-order valence-electron chi connectivity index (χ3n) is 5.33. The number of nitrogens with zero attached hydrogens (tertiary/aromatic N) is 4. The number of hydrogen-bond acceptors (Lipinski definition) is 4. The van der Waals surface area contributed by atoms with E-state index in [2.05, 4.69) is 27.9 Å². The third-order valence-corrected chi connectivity index (χ3v) is 5.33. The summed E-state index contributed by atoms with van der Waals surface area (Å²) in [6.07, 6.45) is 6.97. The van der Waals surface area contributed by atoms with Gasteiger partial charge in [0.25, 0.3) is 0 Å². The second-order valence-corrected chi connectivity index (χ2v) is 7.36. The molecule has 1 saturated heterocycles. The molecule has 1 fully saturated rings. The molecule has 28 heavy (non-hydrogen) atoms. The molecule has 1 aliphatic heterocycles. The number of pyridine rings is 1. The molecule has 5 heteroatoms. The normalized spacial score (nSPS) is 17.6. The number of rotatable bonds is 5. The number of aromatic nitrogens is 3. The predicted octanol–water partition coefficient (Wildman–Crippen LogP) is 4.62. The molecule has 1 aliphatic rings. The van der Waals surface area contributed by atoms with Gasteiger partial charge in [-0.1, -0.05) is 25.1 Å². The van der Waals surface area contributed by atoms with Crippen LogP contribution in [0.4, 0.5) is 4.39 Å². The average molecular weight is 376 g/mol. The summed E-state index contributed by atoms with van der Waals surface area (Å²) in [6.45, 7) is 4.93. The average Bonchev–Trinajstić information content (AvgIpc) is 2.75. The molecule has 0 N–H and O–H groups in total. The van der Waals surface area contributed by atoms with Gasteiger partial charge in [-0.3, -0.25) is 9.88 Å². The Balaban J connectivity index is 1.48. The van der Waals surface area contributed by atoms with E-state index in [-0.39, 0.29) is 5.82 Å². The number of aryl methyl sites for hydroxylation is 1. The van der Waals surface area contributed by atoms with Crippen LogP contribution in [0, 0.1) is 5.82 Å². The molecule has 3 aromatic rings. The summed E-state index contributed by atoms with van der Waals surface area (Å²) < 4.78 is 14.1. The van der Waals surface area contributed by atoms with E-state index in [0.717, 1.165) is 56.0 Å². The molecule has 1 atom stereocenters. The first kappa shape index (κ1) is 18.7. The highest BCUT2D eigenvalue weighted by Gasteiger charge is 2.23. The highest BCUT2D eigenvalue weighted by Crippen LogP contribution is 2.29. The summed E-state index contributed by atoms with van der Waals surface area (Å²) in [7, 11) is 0. The molecule has 0 amide bonds. The smallest absolute Gasteiger partial charge is 0.132 e. The Labute approximate surface area is 165 Å². The number of likely N-dealkylation sites (tertiary alicyclic amines) is 1. The van der Waals surface area contributed by atoms with Crippen LogP contribution >= 0.6 is 0 Å². The fourth-order valence-corrected chi connectivity index (χ4v) is 3.84. The zero-order chi connectivity index (χ0) is 19.3. The predicted molar refractivity (Wildman–Crippen MR) is 108 cm³/mol. The van der Waals surface area contributed by atoms with Crippen molar-refractivity contribution in [2.75, 3.05) is 13.1 Å². The van der Waals surface area contributed by atoms with Crippen molar-refractivity contribution in [1.82, 2.24) is 19.9 Å². The summed E-state index contributed by atoms with van der Waals surface area (Å²) >= 11 is 0. The van der Waals surface area contributed by atoms with Gasteiger partial charge in [0, 0.05) is 54.6 Å². The van der Waals surface area contributed by atoms with Crippen LogP contribution in [0.25, 0.3) is 11.3 Å². The van der Waals surface area contributed by atoms with Crippen molar-refractivity contribution in [2.24, 2.45) is 0 Å². The molecule has 4 nitrogen and oxygen atoms in total. The van der Waals surface area contributed by atoms with E-state index < -0.39 is 0 Å². The summed E-state index contributed by atoms with van der Waals surface area (Å²) in [5.74, 6) is 1.01. The van der Waals surface area contributed by atoms with Gasteiger partial charge in [0.05, 0.1) is 5.69 Å². The lowest BCUT2D eigenvalue weighted by molar-refractivity contribution is 0.198. The molecule has 0 saturated carbocycles. The Kier molecular flexibility index (Phi) is 5.72. The Morgan fingerprint density at radius 2 is 1.89 bits per heavy atom. The van der Waals surface area contributed by atoms with Crippen molar-refractivity contribution < 1.29 is 4.39 Å². The van der Waals surface area contributed by atoms with Crippen molar-refractivity contribution in [3.05, 3.63) is 77.8 Å². The van der Waals surface area contributed by atoms with Crippen LogP contribution < -0.4 is 0 Å². The maximum atomic E-state index is 14.1. The van der Waals surface area contributed by atoms with Crippen LogP contribution in [-0.4, -0.2) is 32.9 Å². The van der Waals surface area contributed by atoms with Gasteiger partial charge < -0.3 is 0 Å². The molecular formula is C23H25FN4. The van der Waals surface area contributed by atoms with Crippen molar-refractivity contribution in [1.29, 1.82) is 0 Å². The lowest BCUT2D eigenvalue weighted by Crippen LogP contribution is -2.34. The second-order valence-electron chi connectivity index (χ2n) is 7.36. The molecule has 144 valence electrons. The van der Waals surface area contributed by atoms with Crippen LogP contribution in [-0.2, 0) is 13.0 Å². The van der Waals surface area contributed by atoms with Crippen LogP contribution in [0.1, 0.15) is 42.8 Å². The van der Waals surface area contributed by atoms with E-state index in [1.807, 2.05) is 30.6 Å². The number of benzene rings is 1. The summed E-state index contributed by atoms with van der Waals surface area (Å²) in [6, 6.07) is 12.8. The molecule has 4 rings (SSSR count). The van der Waals surface area contributed by atoms with Gasteiger partial charge in [-0.2, -0.15) is 0 Å². The number of hydrogen-bond donors (Lipinski definition) is 0. The van der Waals surface area contributed by atoms with E-state index in [1.54, 1.807) is 12.1 Å². The fraction of sp³-hybridized carbons (Fsp3) is 0.348. The first-order valence-electron chi connectivity index (χ1n) is 9.97. The number of halogens is 1. The first-order chi connectivity index (χ1) is 13.7. The monoisotopic (exact) mass is 376 g/mol. The molecule has 0 spiro atoms. The SMILES string of the molecule is CCc1ncc(CN2CCC[C@H](c3cccc(-c4ccccc4F)n3)C2)cn1. The van der Waals surface area contributed by atoms with Crippen molar-refractivity contribution >= 4 is 0 Å². The summed E-state index contributed by atoms with van der Waals surface area (Å²) in [4.78, 5) is 16.1. The Bertz CT molecular complexity index is 926. The van der Waals surface area contributed by atoms with E-state index in [1.165, 1.54) is 6.07 Å². The van der Waals surface area contributed by atoms with Gasteiger partial charge in [0.2, 0.25) is 0 Å². The van der Waals surface area contributed by atoms with Crippen molar-refractivity contribution in [3.8, 4) is 11.3 Å². The van der Waals surface area contributed by atoms with E-state index in [9.17, 15) is 4.39 Å². The summed E-state index contributed by atoms with van der Waals surface area (Å²) in [5.41, 5.74) is 3.45. The van der Waals surface area contributed by atoms with E-state index in [4.69, 9.17) is 4.98 Å². The number of piperidine rings is 1. The fourth-order valence-electron chi connectivity index (χ4n) is 3.84. The molecule has 0 aliphatic carbocycles. The van der Waals surface area contributed by atoms with Gasteiger partial charge >= 0.3 is 0 Å². The molecule has 0 unspecified atom stereocenters. The molecule has 0 bridgehead atoms. The zero-order valence-corrected chi connectivity index (χ0v) is 16.2. The lowest BCUT2D eigenvalue weighted by atomic mass is 9.93. The van der Waals surface area contributed by atoms with Crippen molar-refractivity contribution in [2.45, 2.75) is 38.6 Å². The Hall–Kier alpha value is -2.66. The maximum Gasteiger partial charge on any atom is 0.132 e. The topological polar surface area (TPSA) is 41.9 Å². The highest BCUT2D eigenvalue weighted by atomic mass is 19.1. The minimum absolute atomic E-state index is 0.229. The van der Waals surface area contributed by atoms with E-state index in [0.29, 0.717) is 17.2 Å². The quantitative estimate of drug-likeness (QED) is 0.652. The summed E-state index contributed by atoms with van der Waals surface area (Å²) in [5, 5.41) is 0. The third kappa shape index (κ3) is 4.25. The van der Waals surface area contributed by atoms with Gasteiger partial charge in [0.15, 0.2) is 0 Å². The first-order valence-corrected chi connectivity index (χ1v) is 9.97. The second kappa shape index (κ2) is 8.57. The highest BCUT2D eigenvalue weighted by molar-refractivity contribution is 5.59. The van der Waals surface area contributed by atoms with Gasteiger partial charge in [-0.15, -0.1) is 0 Å². The lowest BCUT2D eigenvalue weighted by Gasteiger charge is -2.32. The van der Waals surface area contributed by atoms with Gasteiger partial charge in [-0.25, -0.2) is 14.4 Å². The van der Waals surface area contributed by atoms with Crippen LogP contribution in [0.3, 0.4) is 0 Å². The van der Waals surface area contributed by atoms with Crippen LogP contribution in [0.2, 0.25) is 0 Å². The zero-order valence-electron chi connectivity index (χ0n) is 16.2. The molecule has 2 aromatic heterocycles. The minimum Gasteiger partial charge on any atom is -0.298 e. The standard InChI is InChI=1S/C23H25FN4/c1-2-23-25-13-17(14-26-23)15-28-12-6-7-18(16-28)21-10-5-11-22(27-21)19-8-3-4-9-20(19)24/h3-5,8-11,13-14,18H,2,6-7,12,15-16H2,1H3/t18-/m0/s1.